The first-order valence-corrected chi connectivity index (χ1v) is 5.95. The van der Waals surface area contributed by atoms with E-state index < -0.39 is 0 Å². The molecule has 1 N–H and O–H groups in total. The maximum atomic E-state index is 6.04. The van der Waals surface area contributed by atoms with Crippen molar-refractivity contribution in [3.05, 3.63) is 34.5 Å². The molecule has 0 radical (unpaired) electrons. The zero-order valence-corrected chi connectivity index (χ0v) is 9.93. The molecule has 0 aliphatic carbocycles. The van der Waals surface area contributed by atoms with Crippen molar-refractivity contribution >= 4 is 28.2 Å². The van der Waals surface area contributed by atoms with Crippen molar-refractivity contribution in [3.63, 3.8) is 0 Å². The SMILES string of the molecule is Cc1cc2cc3c(cc2nc1Cl)NCCC3. The Morgan fingerprint density at radius 3 is 3.06 bits per heavy atom. The lowest BCUT2D eigenvalue weighted by molar-refractivity contribution is 0.832. The standard InChI is InChI=1S/C13H13ClN2/c1-8-5-10-6-9-3-2-4-15-11(9)7-12(10)16-13(8)14/h5-7,15H,2-4H2,1H3. The van der Waals surface area contributed by atoms with Crippen LogP contribution in [0.5, 0.6) is 0 Å². The van der Waals surface area contributed by atoms with Crippen LogP contribution in [-0.2, 0) is 6.42 Å². The molecule has 0 fully saturated rings. The minimum absolute atomic E-state index is 0.600. The summed E-state index contributed by atoms with van der Waals surface area (Å²) in [5.41, 5.74) is 4.62. The fourth-order valence-corrected chi connectivity index (χ4v) is 2.37. The van der Waals surface area contributed by atoms with Crippen LogP contribution in [0.3, 0.4) is 0 Å². The van der Waals surface area contributed by atoms with E-state index in [1.54, 1.807) is 0 Å². The summed E-state index contributed by atoms with van der Waals surface area (Å²) in [4.78, 5) is 4.41. The third kappa shape index (κ3) is 1.54. The second kappa shape index (κ2) is 3.63. The van der Waals surface area contributed by atoms with E-state index in [0.29, 0.717) is 5.15 Å². The lowest BCUT2D eigenvalue weighted by Gasteiger charge is -2.18. The van der Waals surface area contributed by atoms with Crippen molar-refractivity contribution in [3.8, 4) is 0 Å². The predicted molar refractivity (Wildman–Crippen MR) is 68.3 cm³/mol. The molecule has 0 spiro atoms. The number of hydrogen-bond donors (Lipinski definition) is 1. The van der Waals surface area contributed by atoms with Gasteiger partial charge < -0.3 is 5.32 Å². The van der Waals surface area contributed by atoms with Gasteiger partial charge in [0.05, 0.1) is 5.52 Å². The van der Waals surface area contributed by atoms with E-state index in [1.165, 1.54) is 23.1 Å². The normalized spacial score (nSPS) is 14.6. The van der Waals surface area contributed by atoms with Crippen molar-refractivity contribution < 1.29 is 0 Å². The van der Waals surface area contributed by atoms with Gasteiger partial charge >= 0.3 is 0 Å². The number of hydrogen-bond acceptors (Lipinski definition) is 2. The Hall–Kier alpha value is -1.28. The number of aromatic nitrogens is 1. The molecule has 1 aliphatic heterocycles. The number of halogens is 1. The zero-order chi connectivity index (χ0) is 11.1. The molecule has 1 aromatic heterocycles. The molecule has 1 aromatic carbocycles. The molecule has 2 aromatic rings. The largest absolute Gasteiger partial charge is 0.385 e. The Morgan fingerprint density at radius 2 is 2.19 bits per heavy atom. The van der Waals surface area contributed by atoms with E-state index in [0.717, 1.165) is 24.0 Å². The highest BCUT2D eigenvalue weighted by Crippen LogP contribution is 2.28. The van der Waals surface area contributed by atoms with Gasteiger partial charge in [-0.1, -0.05) is 11.6 Å². The van der Waals surface area contributed by atoms with Gasteiger partial charge in [0.1, 0.15) is 5.15 Å². The fraction of sp³-hybridized carbons (Fsp3) is 0.308. The second-order valence-corrected chi connectivity index (χ2v) is 4.69. The average Bonchev–Trinajstić information content (AvgIpc) is 2.28. The van der Waals surface area contributed by atoms with Crippen LogP contribution in [0, 0.1) is 6.92 Å². The maximum absolute atomic E-state index is 6.04. The Labute approximate surface area is 99.6 Å². The van der Waals surface area contributed by atoms with E-state index in [1.807, 2.05) is 6.92 Å². The van der Waals surface area contributed by atoms with Gasteiger partial charge in [0.2, 0.25) is 0 Å². The Morgan fingerprint density at radius 1 is 1.31 bits per heavy atom. The number of nitrogens with one attached hydrogen (secondary N) is 1. The molecule has 0 amide bonds. The van der Waals surface area contributed by atoms with Gasteiger partial charge in [-0.05, 0) is 49.1 Å². The first kappa shape index (κ1) is 9.91. The fourth-order valence-electron chi connectivity index (χ4n) is 2.22. The van der Waals surface area contributed by atoms with Gasteiger partial charge in [0.15, 0.2) is 0 Å². The van der Waals surface area contributed by atoms with E-state index in [2.05, 4.69) is 28.5 Å². The highest BCUT2D eigenvalue weighted by molar-refractivity contribution is 6.30. The van der Waals surface area contributed by atoms with Crippen molar-refractivity contribution in [1.29, 1.82) is 0 Å². The Bertz CT molecular complexity index is 513. The van der Waals surface area contributed by atoms with Gasteiger partial charge in [-0.3, -0.25) is 0 Å². The van der Waals surface area contributed by atoms with Crippen LogP contribution in [0.25, 0.3) is 10.9 Å². The number of aryl methyl sites for hydroxylation is 2. The number of nitrogens with zero attached hydrogens (tertiary/aromatic N) is 1. The van der Waals surface area contributed by atoms with E-state index in [4.69, 9.17) is 11.6 Å². The Kier molecular flexibility index (Phi) is 2.25. The molecule has 2 heterocycles. The smallest absolute Gasteiger partial charge is 0.132 e. The predicted octanol–water partition coefficient (Wildman–Crippen LogP) is 3.55. The van der Waals surface area contributed by atoms with Gasteiger partial charge in [0, 0.05) is 17.6 Å². The molecular formula is C13H13ClN2. The van der Waals surface area contributed by atoms with Crippen LogP contribution in [0.2, 0.25) is 5.15 Å². The topological polar surface area (TPSA) is 24.9 Å². The summed E-state index contributed by atoms with van der Waals surface area (Å²) in [6, 6.07) is 6.45. The van der Waals surface area contributed by atoms with Crippen molar-refractivity contribution in [2.45, 2.75) is 19.8 Å². The summed E-state index contributed by atoms with van der Waals surface area (Å²) in [6.07, 6.45) is 2.36. The van der Waals surface area contributed by atoms with E-state index in [9.17, 15) is 0 Å². The summed E-state index contributed by atoms with van der Waals surface area (Å²) in [5, 5.41) is 5.19. The molecule has 0 atom stereocenters. The summed E-state index contributed by atoms with van der Waals surface area (Å²) in [6.45, 7) is 3.05. The van der Waals surface area contributed by atoms with Gasteiger partial charge in [-0.2, -0.15) is 0 Å². The highest BCUT2D eigenvalue weighted by Gasteiger charge is 2.11. The lowest BCUT2D eigenvalue weighted by Crippen LogP contribution is -2.11. The number of benzene rings is 1. The lowest BCUT2D eigenvalue weighted by atomic mass is 10.0. The van der Waals surface area contributed by atoms with Crippen LogP contribution in [-0.4, -0.2) is 11.5 Å². The van der Waals surface area contributed by atoms with Gasteiger partial charge in [-0.25, -0.2) is 4.98 Å². The monoisotopic (exact) mass is 232 g/mol. The molecule has 2 nitrogen and oxygen atoms in total. The van der Waals surface area contributed by atoms with Crippen molar-refractivity contribution in [2.75, 3.05) is 11.9 Å². The first-order valence-electron chi connectivity index (χ1n) is 5.58. The molecule has 3 heteroatoms. The number of rotatable bonds is 0. The van der Waals surface area contributed by atoms with Gasteiger partial charge in [0.25, 0.3) is 0 Å². The second-order valence-electron chi connectivity index (χ2n) is 4.33. The summed E-state index contributed by atoms with van der Waals surface area (Å²) in [5.74, 6) is 0. The zero-order valence-electron chi connectivity index (χ0n) is 9.18. The minimum atomic E-state index is 0.600. The minimum Gasteiger partial charge on any atom is -0.385 e. The van der Waals surface area contributed by atoms with Gasteiger partial charge in [-0.15, -0.1) is 0 Å². The molecule has 0 unspecified atom stereocenters. The molecule has 1 aliphatic rings. The third-order valence-electron chi connectivity index (χ3n) is 3.11. The van der Waals surface area contributed by atoms with Crippen LogP contribution in [0.15, 0.2) is 18.2 Å². The average molecular weight is 233 g/mol. The summed E-state index contributed by atoms with van der Waals surface area (Å²) >= 11 is 6.04. The molecule has 3 rings (SSSR count). The van der Waals surface area contributed by atoms with Crippen LogP contribution < -0.4 is 5.32 Å². The molecule has 82 valence electrons. The molecule has 16 heavy (non-hydrogen) atoms. The maximum Gasteiger partial charge on any atom is 0.132 e. The molecular weight excluding hydrogens is 220 g/mol. The summed E-state index contributed by atoms with van der Waals surface area (Å²) in [7, 11) is 0. The van der Waals surface area contributed by atoms with E-state index >= 15 is 0 Å². The first-order chi connectivity index (χ1) is 7.74. The van der Waals surface area contributed by atoms with E-state index in [-0.39, 0.29) is 0 Å². The van der Waals surface area contributed by atoms with Crippen molar-refractivity contribution in [2.24, 2.45) is 0 Å². The van der Waals surface area contributed by atoms with Crippen LogP contribution >= 0.6 is 11.6 Å². The number of anilines is 1. The number of pyridine rings is 1. The summed E-state index contributed by atoms with van der Waals surface area (Å²) < 4.78 is 0. The van der Waals surface area contributed by atoms with Crippen LogP contribution in [0.1, 0.15) is 17.5 Å². The molecule has 0 saturated carbocycles. The van der Waals surface area contributed by atoms with Crippen molar-refractivity contribution in [1.82, 2.24) is 4.98 Å². The highest BCUT2D eigenvalue weighted by atomic mass is 35.5. The quantitative estimate of drug-likeness (QED) is 0.703. The molecule has 0 bridgehead atoms. The molecule has 0 saturated heterocycles. The van der Waals surface area contributed by atoms with Crippen LogP contribution in [0.4, 0.5) is 5.69 Å². The third-order valence-corrected chi connectivity index (χ3v) is 3.49. The Balaban J connectivity index is 2.27. The number of fused-ring (bicyclic) bond motifs is 2.